The molecule has 0 amide bonds. The average Bonchev–Trinajstić information content (AvgIpc) is 2.79. The van der Waals surface area contributed by atoms with Crippen molar-refractivity contribution in [1.82, 2.24) is 19.9 Å². The molecular formula is C23H28N8. The van der Waals surface area contributed by atoms with E-state index >= 15 is 0 Å². The SMILES string of the molecule is CN1CCN(N=Nc2ccc(-c3cc(-c4ccc(N(C)C)cc4)nc(N)n3)cc2)CC1. The number of piperazine rings is 1. The molecule has 3 aromatic rings. The van der Waals surface area contributed by atoms with Crippen molar-refractivity contribution in [3.63, 3.8) is 0 Å². The van der Waals surface area contributed by atoms with E-state index in [1.54, 1.807) is 0 Å². The van der Waals surface area contributed by atoms with Crippen molar-refractivity contribution in [3.05, 3.63) is 54.6 Å². The maximum absolute atomic E-state index is 6.01. The van der Waals surface area contributed by atoms with E-state index in [4.69, 9.17) is 5.73 Å². The Bertz CT molecular complexity index is 1040. The van der Waals surface area contributed by atoms with Crippen LogP contribution in [-0.2, 0) is 0 Å². The quantitative estimate of drug-likeness (QED) is 0.638. The van der Waals surface area contributed by atoms with E-state index in [1.165, 1.54) is 0 Å². The van der Waals surface area contributed by atoms with Crippen molar-refractivity contribution in [2.24, 2.45) is 10.3 Å². The lowest BCUT2D eigenvalue weighted by atomic mass is 10.1. The first-order valence-corrected chi connectivity index (χ1v) is 10.4. The van der Waals surface area contributed by atoms with E-state index < -0.39 is 0 Å². The first-order chi connectivity index (χ1) is 15.0. The monoisotopic (exact) mass is 416 g/mol. The molecular weight excluding hydrogens is 388 g/mol. The molecule has 0 atom stereocenters. The highest BCUT2D eigenvalue weighted by molar-refractivity contribution is 5.71. The van der Waals surface area contributed by atoms with Crippen LogP contribution in [0, 0.1) is 0 Å². The Morgan fingerprint density at radius 2 is 1.39 bits per heavy atom. The van der Waals surface area contributed by atoms with Gasteiger partial charge in [-0.25, -0.2) is 9.97 Å². The third kappa shape index (κ3) is 5.16. The highest BCUT2D eigenvalue weighted by Crippen LogP contribution is 2.27. The van der Waals surface area contributed by atoms with Crippen LogP contribution in [0.2, 0.25) is 0 Å². The van der Waals surface area contributed by atoms with Crippen molar-refractivity contribution in [3.8, 4) is 22.5 Å². The van der Waals surface area contributed by atoms with E-state index in [9.17, 15) is 0 Å². The summed E-state index contributed by atoms with van der Waals surface area (Å²) in [5, 5.41) is 10.7. The minimum Gasteiger partial charge on any atom is -0.378 e. The first kappa shape index (κ1) is 20.7. The van der Waals surface area contributed by atoms with Gasteiger partial charge in [0.05, 0.1) is 30.2 Å². The molecule has 0 bridgehead atoms. The van der Waals surface area contributed by atoms with E-state index in [-0.39, 0.29) is 5.95 Å². The molecule has 160 valence electrons. The Morgan fingerprint density at radius 3 is 1.94 bits per heavy atom. The minimum absolute atomic E-state index is 0.253. The Labute approximate surface area is 183 Å². The Hall–Kier alpha value is -3.52. The third-order valence-corrected chi connectivity index (χ3v) is 5.35. The predicted octanol–water partition coefficient (Wildman–Crippen LogP) is 3.70. The number of nitrogen functional groups attached to an aromatic ring is 1. The van der Waals surface area contributed by atoms with Gasteiger partial charge >= 0.3 is 0 Å². The summed E-state index contributed by atoms with van der Waals surface area (Å²) in [5.41, 5.74) is 11.5. The van der Waals surface area contributed by atoms with Gasteiger partial charge in [0.2, 0.25) is 5.95 Å². The smallest absolute Gasteiger partial charge is 0.221 e. The second kappa shape index (κ2) is 9.09. The number of benzene rings is 2. The highest BCUT2D eigenvalue weighted by atomic mass is 15.6. The van der Waals surface area contributed by atoms with Gasteiger partial charge in [0.1, 0.15) is 0 Å². The number of anilines is 2. The summed E-state index contributed by atoms with van der Waals surface area (Å²) in [6, 6.07) is 18.0. The second-order valence-corrected chi connectivity index (χ2v) is 7.93. The molecule has 2 N–H and O–H groups in total. The molecule has 1 aliphatic rings. The van der Waals surface area contributed by atoms with Gasteiger partial charge in [-0.15, -0.1) is 5.11 Å². The van der Waals surface area contributed by atoms with Crippen molar-refractivity contribution < 1.29 is 0 Å². The van der Waals surface area contributed by atoms with Crippen LogP contribution in [0.1, 0.15) is 0 Å². The molecule has 0 spiro atoms. The minimum atomic E-state index is 0.253. The maximum Gasteiger partial charge on any atom is 0.221 e. The summed E-state index contributed by atoms with van der Waals surface area (Å²) in [7, 11) is 6.16. The highest BCUT2D eigenvalue weighted by Gasteiger charge is 2.12. The molecule has 2 aromatic carbocycles. The maximum atomic E-state index is 6.01. The van der Waals surface area contributed by atoms with Crippen LogP contribution in [0.3, 0.4) is 0 Å². The average molecular weight is 417 g/mol. The van der Waals surface area contributed by atoms with Crippen molar-refractivity contribution in [2.45, 2.75) is 0 Å². The molecule has 0 radical (unpaired) electrons. The number of likely N-dealkylation sites (N-methyl/N-ethyl adjacent to an activating group) is 1. The molecule has 0 aliphatic carbocycles. The molecule has 4 rings (SSSR count). The van der Waals surface area contributed by atoms with Gasteiger partial charge in [-0.1, -0.05) is 29.5 Å². The van der Waals surface area contributed by atoms with E-state index in [2.05, 4.69) is 49.3 Å². The van der Waals surface area contributed by atoms with Gasteiger partial charge in [0.15, 0.2) is 0 Å². The van der Waals surface area contributed by atoms with Gasteiger partial charge in [-0.3, -0.25) is 5.01 Å². The van der Waals surface area contributed by atoms with Gasteiger partial charge in [-0.05, 0) is 37.4 Å². The van der Waals surface area contributed by atoms with Crippen LogP contribution in [0.25, 0.3) is 22.5 Å². The molecule has 1 aromatic heterocycles. The molecule has 0 unspecified atom stereocenters. The van der Waals surface area contributed by atoms with Gasteiger partial charge in [0, 0.05) is 44.0 Å². The summed E-state index contributed by atoms with van der Waals surface area (Å²) in [6.45, 7) is 3.81. The summed E-state index contributed by atoms with van der Waals surface area (Å²) in [6.07, 6.45) is 0. The normalized spacial score (nSPS) is 14.9. The molecule has 31 heavy (non-hydrogen) atoms. The first-order valence-electron chi connectivity index (χ1n) is 10.4. The molecule has 1 fully saturated rings. The van der Waals surface area contributed by atoms with Crippen LogP contribution in [0.4, 0.5) is 17.3 Å². The zero-order valence-corrected chi connectivity index (χ0v) is 18.2. The number of aromatic nitrogens is 2. The summed E-state index contributed by atoms with van der Waals surface area (Å²) >= 11 is 0. The number of hydrogen-bond acceptors (Lipinski definition) is 7. The standard InChI is InChI=1S/C23H28N8/c1-29(2)20-10-6-18(7-11-20)22-16-21(25-23(24)26-22)17-4-8-19(9-5-17)27-28-31-14-12-30(3)13-15-31/h4-11,16H,12-15H2,1-3H3,(H2,24,25,26). The zero-order valence-electron chi connectivity index (χ0n) is 18.2. The van der Waals surface area contributed by atoms with Crippen LogP contribution in [0.5, 0.6) is 0 Å². The summed E-state index contributed by atoms with van der Waals surface area (Å²) in [4.78, 5) is 13.2. The van der Waals surface area contributed by atoms with Crippen molar-refractivity contribution >= 4 is 17.3 Å². The van der Waals surface area contributed by atoms with E-state index in [0.29, 0.717) is 0 Å². The Morgan fingerprint density at radius 1 is 0.839 bits per heavy atom. The second-order valence-electron chi connectivity index (χ2n) is 7.93. The van der Waals surface area contributed by atoms with E-state index in [0.717, 1.165) is 60.1 Å². The number of rotatable bonds is 5. The van der Waals surface area contributed by atoms with E-state index in [1.807, 2.05) is 61.6 Å². The fourth-order valence-corrected chi connectivity index (χ4v) is 3.39. The Kier molecular flexibility index (Phi) is 6.08. The van der Waals surface area contributed by atoms with Crippen LogP contribution in [0.15, 0.2) is 64.9 Å². The molecule has 2 heterocycles. The molecule has 1 aliphatic heterocycles. The van der Waals surface area contributed by atoms with Gasteiger partial charge in [0.25, 0.3) is 0 Å². The fourth-order valence-electron chi connectivity index (χ4n) is 3.39. The molecule has 1 saturated heterocycles. The number of nitrogens with zero attached hydrogens (tertiary/aromatic N) is 7. The lowest BCUT2D eigenvalue weighted by Gasteiger charge is -2.29. The lowest BCUT2D eigenvalue weighted by molar-refractivity contribution is 0.150. The molecule has 8 nitrogen and oxygen atoms in total. The zero-order chi connectivity index (χ0) is 21.8. The van der Waals surface area contributed by atoms with Crippen LogP contribution >= 0.6 is 0 Å². The van der Waals surface area contributed by atoms with Crippen molar-refractivity contribution in [2.75, 3.05) is 58.0 Å². The van der Waals surface area contributed by atoms with Crippen LogP contribution < -0.4 is 10.6 Å². The number of hydrogen-bond donors (Lipinski definition) is 1. The largest absolute Gasteiger partial charge is 0.378 e. The topological polar surface area (TPSA) is 86.2 Å². The van der Waals surface area contributed by atoms with Crippen molar-refractivity contribution in [1.29, 1.82) is 0 Å². The van der Waals surface area contributed by atoms with Gasteiger partial charge in [-0.2, -0.15) is 0 Å². The van der Waals surface area contributed by atoms with Crippen LogP contribution in [-0.4, -0.2) is 67.2 Å². The molecule has 8 heteroatoms. The number of nitrogens with two attached hydrogens (primary N) is 1. The summed E-state index contributed by atoms with van der Waals surface area (Å²) < 4.78 is 0. The molecule has 0 saturated carbocycles. The third-order valence-electron chi connectivity index (χ3n) is 5.35. The predicted molar refractivity (Wildman–Crippen MR) is 125 cm³/mol. The fraction of sp³-hybridized carbons (Fsp3) is 0.304. The Balaban J connectivity index is 1.51. The van der Waals surface area contributed by atoms with Gasteiger partial charge < -0.3 is 15.5 Å². The summed E-state index contributed by atoms with van der Waals surface area (Å²) in [5.74, 6) is 0.253. The lowest BCUT2D eigenvalue weighted by Crippen LogP contribution is -2.41.